The molecule has 2 aliphatic rings. The molecule has 19 heavy (non-hydrogen) atoms. The van der Waals surface area contributed by atoms with E-state index >= 15 is 0 Å². The number of carbonyl (C=O) groups excluding carboxylic acids is 1. The van der Waals surface area contributed by atoms with Gasteiger partial charge in [-0.2, -0.15) is 0 Å². The number of rotatable bonds is 0. The van der Waals surface area contributed by atoms with Crippen molar-refractivity contribution in [3.8, 4) is 5.75 Å². The highest BCUT2D eigenvalue weighted by Crippen LogP contribution is 2.52. The van der Waals surface area contributed by atoms with E-state index in [9.17, 15) is 18.7 Å². The molecule has 2 atom stereocenters. The molecule has 1 fully saturated rings. The molecule has 0 bridgehead atoms. The van der Waals surface area contributed by atoms with E-state index in [2.05, 4.69) is 0 Å². The highest BCUT2D eigenvalue weighted by Gasteiger charge is 2.57. The normalized spacial score (nSPS) is 33.4. The van der Waals surface area contributed by atoms with E-state index in [0.717, 1.165) is 12.1 Å². The molecule has 1 aromatic carbocycles. The maximum absolute atomic E-state index is 14.1. The van der Waals surface area contributed by atoms with Crippen LogP contribution in [-0.2, 0) is 10.2 Å². The molecule has 1 aliphatic heterocycles. The van der Waals surface area contributed by atoms with Crippen molar-refractivity contribution in [1.82, 2.24) is 0 Å². The molecule has 0 radical (unpaired) electrons. The van der Waals surface area contributed by atoms with Gasteiger partial charge in [0.05, 0.1) is 0 Å². The van der Waals surface area contributed by atoms with Crippen LogP contribution < -0.4 is 4.74 Å². The van der Waals surface area contributed by atoms with Gasteiger partial charge in [0.2, 0.25) is 0 Å². The largest absolute Gasteiger partial charge is 0.487 e. The molecular formula is C14H14F2O3. The maximum atomic E-state index is 14.1. The van der Waals surface area contributed by atoms with Crippen LogP contribution >= 0.6 is 0 Å². The highest BCUT2D eigenvalue weighted by atomic mass is 19.1. The average Bonchev–Trinajstić information content (AvgIpc) is 2.35. The van der Waals surface area contributed by atoms with Crippen molar-refractivity contribution in [3.63, 3.8) is 0 Å². The van der Waals surface area contributed by atoms with E-state index in [1.807, 2.05) is 0 Å². The summed E-state index contributed by atoms with van der Waals surface area (Å²) in [6.07, 6.45) is 0.464. The van der Waals surface area contributed by atoms with E-state index < -0.39 is 22.7 Å². The molecule has 1 unspecified atom stereocenters. The summed E-state index contributed by atoms with van der Waals surface area (Å²) in [7, 11) is 0. The molecule has 102 valence electrons. The summed E-state index contributed by atoms with van der Waals surface area (Å²) in [5.74, 6) is -1.46. The zero-order valence-electron chi connectivity index (χ0n) is 10.5. The number of hydrogen-bond donors (Lipinski definition) is 1. The second-order valence-electron chi connectivity index (χ2n) is 5.60. The monoisotopic (exact) mass is 268 g/mol. The van der Waals surface area contributed by atoms with E-state index in [-0.39, 0.29) is 36.5 Å². The fraction of sp³-hybridized carbons (Fsp3) is 0.500. The smallest absolute Gasteiger partial charge is 0.165 e. The third-order valence-electron chi connectivity index (χ3n) is 4.49. The summed E-state index contributed by atoms with van der Waals surface area (Å²) in [6.45, 7) is 1.48. The van der Waals surface area contributed by atoms with Crippen LogP contribution in [0.25, 0.3) is 0 Å². The highest BCUT2D eigenvalue weighted by molar-refractivity contribution is 5.81. The summed E-state index contributed by atoms with van der Waals surface area (Å²) in [6, 6.07) is 2.04. The first-order valence-corrected chi connectivity index (χ1v) is 6.23. The molecule has 0 aromatic heterocycles. The number of benzene rings is 1. The molecule has 1 N–H and O–H groups in total. The quantitative estimate of drug-likeness (QED) is 0.783. The summed E-state index contributed by atoms with van der Waals surface area (Å²) in [5, 5.41) is 10.6. The van der Waals surface area contributed by atoms with Crippen molar-refractivity contribution in [2.75, 3.05) is 6.61 Å². The van der Waals surface area contributed by atoms with Crippen LogP contribution in [0, 0.1) is 11.6 Å². The number of ether oxygens (including phenoxy) is 1. The molecule has 3 rings (SSSR count). The van der Waals surface area contributed by atoms with Crippen molar-refractivity contribution in [1.29, 1.82) is 0 Å². The lowest BCUT2D eigenvalue weighted by Gasteiger charge is -2.51. The molecule has 0 saturated heterocycles. The molecular weight excluding hydrogens is 254 g/mol. The Bertz CT molecular complexity index is 572. The molecule has 3 nitrogen and oxygen atoms in total. The number of carbonyl (C=O) groups is 1. The van der Waals surface area contributed by atoms with E-state index in [1.54, 1.807) is 6.92 Å². The molecule has 0 spiro atoms. The molecule has 1 heterocycles. The first-order chi connectivity index (χ1) is 8.87. The molecule has 0 amide bonds. The third-order valence-corrected chi connectivity index (χ3v) is 4.49. The van der Waals surface area contributed by atoms with Crippen molar-refractivity contribution in [2.24, 2.45) is 0 Å². The van der Waals surface area contributed by atoms with Gasteiger partial charge in [-0.3, -0.25) is 4.79 Å². The van der Waals surface area contributed by atoms with Crippen LogP contribution in [0.3, 0.4) is 0 Å². The van der Waals surface area contributed by atoms with Crippen molar-refractivity contribution in [3.05, 3.63) is 29.3 Å². The number of fused-ring (bicyclic) bond motifs is 3. The minimum absolute atomic E-state index is 0.0498. The maximum Gasteiger partial charge on any atom is 0.165 e. The number of ketones is 1. The second-order valence-corrected chi connectivity index (χ2v) is 5.60. The van der Waals surface area contributed by atoms with E-state index in [1.165, 1.54) is 0 Å². The lowest BCUT2D eigenvalue weighted by atomic mass is 9.59. The number of aliphatic hydroxyl groups is 1. The Morgan fingerprint density at radius 1 is 1.32 bits per heavy atom. The van der Waals surface area contributed by atoms with Crippen molar-refractivity contribution >= 4 is 5.78 Å². The number of Topliss-reactive ketones (excluding diaryl/α,β-unsaturated/α-hetero) is 1. The van der Waals surface area contributed by atoms with Gasteiger partial charge >= 0.3 is 0 Å². The minimum atomic E-state index is -1.47. The zero-order chi connectivity index (χ0) is 13.8. The van der Waals surface area contributed by atoms with Gasteiger partial charge in [-0.15, -0.1) is 0 Å². The van der Waals surface area contributed by atoms with Gasteiger partial charge in [0.1, 0.15) is 23.8 Å². The van der Waals surface area contributed by atoms with Gasteiger partial charge < -0.3 is 9.84 Å². The SMILES string of the molecule is CC12CCC(=O)C[C@]1(O)COc1c(F)ccc(F)c12. The topological polar surface area (TPSA) is 46.5 Å². The predicted octanol–water partition coefficient (Wildman–Crippen LogP) is 2.10. The van der Waals surface area contributed by atoms with Crippen molar-refractivity contribution < 1.29 is 23.4 Å². The first kappa shape index (κ1) is 12.5. The zero-order valence-corrected chi connectivity index (χ0v) is 10.5. The van der Waals surface area contributed by atoms with Gasteiger partial charge in [0.15, 0.2) is 11.6 Å². The van der Waals surface area contributed by atoms with Crippen LogP contribution in [0.4, 0.5) is 8.78 Å². The Kier molecular flexibility index (Phi) is 2.48. The second kappa shape index (κ2) is 3.76. The predicted molar refractivity (Wildman–Crippen MR) is 63.0 cm³/mol. The lowest BCUT2D eigenvalue weighted by molar-refractivity contribution is -0.144. The Morgan fingerprint density at radius 2 is 2.00 bits per heavy atom. The van der Waals surface area contributed by atoms with E-state index in [0.29, 0.717) is 6.42 Å². The third kappa shape index (κ3) is 1.54. The molecule has 5 heteroatoms. The first-order valence-electron chi connectivity index (χ1n) is 6.23. The lowest BCUT2D eigenvalue weighted by Crippen LogP contribution is -2.60. The van der Waals surface area contributed by atoms with Crippen LogP contribution in [0.2, 0.25) is 0 Å². The Labute approximate surface area is 109 Å². The Hall–Kier alpha value is -1.49. The molecule has 1 aromatic rings. The Morgan fingerprint density at radius 3 is 2.74 bits per heavy atom. The number of hydrogen-bond acceptors (Lipinski definition) is 3. The Balaban J connectivity index is 2.23. The average molecular weight is 268 g/mol. The minimum Gasteiger partial charge on any atom is -0.487 e. The molecule has 1 saturated carbocycles. The summed E-state index contributed by atoms with van der Waals surface area (Å²) >= 11 is 0. The number of halogens is 2. The van der Waals surface area contributed by atoms with Crippen LogP contribution in [0.1, 0.15) is 31.7 Å². The van der Waals surface area contributed by atoms with Crippen LogP contribution in [-0.4, -0.2) is 23.1 Å². The van der Waals surface area contributed by atoms with Gasteiger partial charge in [0.25, 0.3) is 0 Å². The van der Waals surface area contributed by atoms with Gasteiger partial charge in [-0.1, -0.05) is 6.92 Å². The van der Waals surface area contributed by atoms with Gasteiger partial charge in [-0.25, -0.2) is 8.78 Å². The summed E-state index contributed by atoms with van der Waals surface area (Å²) in [4.78, 5) is 11.5. The van der Waals surface area contributed by atoms with Crippen LogP contribution in [0.15, 0.2) is 12.1 Å². The van der Waals surface area contributed by atoms with Crippen LogP contribution in [0.5, 0.6) is 5.75 Å². The summed E-state index contributed by atoms with van der Waals surface area (Å²) < 4.78 is 33.0. The summed E-state index contributed by atoms with van der Waals surface area (Å²) in [5.41, 5.74) is -2.42. The fourth-order valence-electron chi connectivity index (χ4n) is 3.18. The standard InChI is InChI=1S/C14H14F2O3/c1-13-5-4-8(17)6-14(13,18)7-19-12-10(16)3-2-9(15)11(12)13/h2-3,18H,4-7H2,1H3/t13?,14-/m0/s1. The fourth-order valence-corrected chi connectivity index (χ4v) is 3.18. The van der Waals surface area contributed by atoms with Gasteiger partial charge in [-0.05, 0) is 18.6 Å². The van der Waals surface area contributed by atoms with Crippen molar-refractivity contribution in [2.45, 2.75) is 37.2 Å². The van der Waals surface area contributed by atoms with E-state index in [4.69, 9.17) is 4.74 Å². The molecule has 1 aliphatic carbocycles. The van der Waals surface area contributed by atoms with Gasteiger partial charge in [0, 0.05) is 23.8 Å².